The highest BCUT2D eigenvalue weighted by atomic mass is 35.5. The van der Waals surface area contributed by atoms with E-state index in [-0.39, 0.29) is 0 Å². The molecule has 1 atom stereocenters. The molecule has 0 N–H and O–H groups in total. The Morgan fingerprint density at radius 2 is 2.20 bits per heavy atom. The number of hydrogen-bond donors (Lipinski definition) is 0. The van der Waals surface area contributed by atoms with Crippen molar-refractivity contribution in [2.45, 2.75) is 25.4 Å². The predicted molar refractivity (Wildman–Crippen MR) is 80.0 cm³/mol. The molecule has 1 aromatic carbocycles. The molecule has 1 aliphatic heterocycles. The summed E-state index contributed by atoms with van der Waals surface area (Å²) in [4.78, 5) is 6.42. The highest BCUT2D eigenvalue weighted by Gasteiger charge is 2.22. The maximum absolute atomic E-state index is 6.26. The molecule has 3 rings (SSSR count). The highest BCUT2D eigenvalue weighted by molar-refractivity contribution is 6.42. The van der Waals surface area contributed by atoms with Crippen molar-refractivity contribution in [3.8, 4) is 0 Å². The number of rotatable bonds is 3. The van der Waals surface area contributed by atoms with Crippen molar-refractivity contribution in [1.29, 1.82) is 0 Å². The Morgan fingerprint density at radius 3 is 3.00 bits per heavy atom. The van der Waals surface area contributed by atoms with Crippen LogP contribution in [0.5, 0.6) is 0 Å². The van der Waals surface area contributed by atoms with Crippen molar-refractivity contribution in [3.05, 3.63) is 46.5 Å². The number of hydrogen-bond acceptors (Lipinski definition) is 3. The topological polar surface area (TPSA) is 34.0 Å². The number of aromatic nitrogens is 3. The molecule has 0 saturated carbocycles. The highest BCUT2D eigenvalue weighted by Crippen LogP contribution is 2.28. The van der Waals surface area contributed by atoms with E-state index in [1.54, 1.807) is 12.7 Å². The van der Waals surface area contributed by atoms with E-state index >= 15 is 0 Å². The van der Waals surface area contributed by atoms with Crippen LogP contribution >= 0.6 is 23.2 Å². The summed E-state index contributed by atoms with van der Waals surface area (Å²) in [6, 6.07) is 6.20. The lowest BCUT2D eigenvalue weighted by atomic mass is 10.0. The number of likely N-dealkylation sites (tertiary alicyclic amines) is 1. The fourth-order valence-corrected chi connectivity index (χ4v) is 3.09. The average molecular weight is 311 g/mol. The van der Waals surface area contributed by atoms with Crippen LogP contribution < -0.4 is 0 Å². The van der Waals surface area contributed by atoms with Gasteiger partial charge in [-0.1, -0.05) is 35.3 Å². The lowest BCUT2D eigenvalue weighted by Gasteiger charge is -2.32. The van der Waals surface area contributed by atoms with Gasteiger partial charge in [-0.3, -0.25) is 4.90 Å². The molecule has 1 saturated heterocycles. The SMILES string of the molecule is Clc1cccc(CN2CCC[C@H](n3cncn3)C2)c1Cl. The Labute approximate surface area is 128 Å². The van der Waals surface area contributed by atoms with Crippen LogP contribution in [0.2, 0.25) is 10.0 Å². The Kier molecular flexibility index (Phi) is 4.24. The van der Waals surface area contributed by atoms with E-state index in [9.17, 15) is 0 Å². The van der Waals surface area contributed by atoms with E-state index in [0.29, 0.717) is 16.1 Å². The van der Waals surface area contributed by atoms with Crippen LogP contribution in [0.3, 0.4) is 0 Å². The lowest BCUT2D eigenvalue weighted by Crippen LogP contribution is -2.36. The van der Waals surface area contributed by atoms with E-state index in [4.69, 9.17) is 23.2 Å². The second-order valence-corrected chi connectivity index (χ2v) is 5.90. The standard InChI is InChI=1S/C14H16Cl2N4/c15-13-5-1-3-11(14(13)16)7-19-6-2-4-12(8-19)20-10-17-9-18-20/h1,3,5,9-10,12H,2,4,6-8H2/t12-/m0/s1. The molecule has 0 bridgehead atoms. The number of piperidine rings is 1. The fourth-order valence-electron chi connectivity index (χ4n) is 2.71. The molecule has 0 amide bonds. The Morgan fingerprint density at radius 1 is 1.30 bits per heavy atom. The van der Waals surface area contributed by atoms with Crippen LogP contribution in [0, 0.1) is 0 Å². The second-order valence-electron chi connectivity index (χ2n) is 5.12. The van der Waals surface area contributed by atoms with Gasteiger partial charge in [0.25, 0.3) is 0 Å². The molecule has 106 valence electrons. The monoisotopic (exact) mass is 310 g/mol. The number of nitrogens with zero attached hydrogens (tertiary/aromatic N) is 4. The molecule has 0 spiro atoms. The molecule has 1 fully saturated rings. The smallest absolute Gasteiger partial charge is 0.137 e. The van der Waals surface area contributed by atoms with E-state index in [1.165, 1.54) is 0 Å². The molecule has 0 unspecified atom stereocenters. The number of benzene rings is 1. The summed E-state index contributed by atoms with van der Waals surface area (Å²) in [5, 5.41) is 5.53. The van der Waals surface area contributed by atoms with E-state index in [0.717, 1.165) is 38.0 Å². The molecule has 2 heterocycles. The molecule has 1 aromatic heterocycles. The van der Waals surface area contributed by atoms with Gasteiger partial charge in [-0.25, -0.2) is 9.67 Å². The lowest BCUT2D eigenvalue weighted by molar-refractivity contribution is 0.163. The third kappa shape index (κ3) is 2.97. The van der Waals surface area contributed by atoms with Gasteiger partial charge < -0.3 is 0 Å². The van der Waals surface area contributed by atoms with Crippen molar-refractivity contribution >= 4 is 23.2 Å². The Bertz CT molecular complexity index is 571. The predicted octanol–water partition coefficient (Wildman–Crippen LogP) is 3.42. The largest absolute Gasteiger partial charge is 0.297 e. The van der Waals surface area contributed by atoms with Crippen molar-refractivity contribution in [2.75, 3.05) is 13.1 Å². The number of halogens is 2. The molecule has 0 aliphatic carbocycles. The first kappa shape index (κ1) is 13.9. The maximum Gasteiger partial charge on any atom is 0.137 e. The van der Waals surface area contributed by atoms with Crippen LogP contribution in [0.1, 0.15) is 24.4 Å². The molecule has 20 heavy (non-hydrogen) atoms. The summed E-state index contributed by atoms with van der Waals surface area (Å²) < 4.78 is 1.95. The van der Waals surface area contributed by atoms with Gasteiger partial charge >= 0.3 is 0 Å². The fraction of sp³-hybridized carbons (Fsp3) is 0.429. The van der Waals surface area contributed by atoms with Gasteiger partial charge in [-0.2, -0.15) is 5.10 Å². The van der Waals surface area contributed by atoms with Crippen molar-refractivity contribution in [3.63, 3.8) is 0 Å². The van der Waals surface area contributed by atoms with Gasteiger partial charge in [0.05, 0.1) is 16.1 Å². The van der Waals surface area contributed by atoms with Crippen LogP contribution in [0.4, 0.5) is 0 Å². The average Bonchev–Trinajstić information content (AvgIpc) is 2.98. The van der Waals surface area contributed by atoms with Crippen LogP contribution in [-0.2, 0) is 6.54 Å². The first-order valence-corrected chi connectivity index (χ1v) is 7.49. The zero-order chi connectivity index (χ0) is 13.9. The zero-order valence-corrected chi connectivity index (χ0v) is 12.6. The third-order valence-electron chi connectivity index (χ3n) is 3.72. The molecule has 0 radical (unpaired) electrons. The van der Waals surface area contributed by atoms with Gasteiger partial charge in [0.1, 0.15) is 12.7 Å². The minimum Gasteiger partial charge on any atom is -0.297 e. The van der Waals surface area contributed by atoms with Gasteiger partial charge in [-0.15, -0.1) is 0 Å². The van der Waals surface area contributed by atoms with Crippen LogP contribution in [-0.4, -0.2) is 32.8 Å². The summed E-state index contributed by atoms with van der Waals surface area (Å²) in [5.41, 5.74) is 1.08. The summed E-state index contributed by atoms with van der Waals surface area (Å²) >= 11 is 12.3. The summed E-state index contributed by atoms with van der Waals surface area (Å²) in [6.45, 7) is 2.87. The van der Waals surface area contributed by atoms with Gasteiger partial charge in [0.15, 0.2) is 0 Å². The molecule has 1 aliphatic rings. The van der Waals surface area contributed by atoms with E-state index < -0.39 is 0 Å². The first-order valence-electron chi connectivity index (χ1n) is 6.73. The summed E-state index contributed by atoms with van der Waals surface area (Å²) in [7, 11) is 0. The molecular formula is C14H16Cl2N4. The maximum atomic E-state index is 6.26. The van der Waals surface area contributed by atoms with Crippen molar-refractivity contribution in [1.82, 2.24) is 19.7 Å². The van der Waals surface area contributed by atoms with Crippen LogP contribution in [0.15, 0.2) is 30.9 Å². The quantitative estimate of drug-likeness (QED) is 0.871. The van der Waals surface area contributed by atoms with Gasteiger partial charge in [-0.05, 0) is 31.0 Å². The summed E-state index contributed by atoms with van der Waals surface area (Å²) in [6.07, 6.45) is 5.68. The normalized spacial score (nSPS) is 20.2. The van der Waals surface area contributed by atoms with Gasteiger partial charge in [0, 0.05) is 13.1 Å². The third-order valence-corrected chi connectivity index (χ3v) is 4.57. The van der Waals surface area contributed by atoms with Crippen molar-refractivity contribution < 1.29 is 0 Å². The van der Waals surface area contributed by atoms with Crippen molar-refractivity contribution in [2.24, 2.45) is 0 Å². The Balaban J connectivity index is 1.70. The van der Waals surface area contributed by atoms with E-state index in [2.05, 4.69) is 15.0 Å². The zero-order valence-electron chi connectivity index (χ0n) is 11.0. The Hall–Kier alpha value is -1.10. The molecule has 6 heteroatoms. The molecular weight excluding hydrogens is 295 g/mol. The molecule has 4 nitrogen and oxygen atoms in total. The first-order chi connectivity index (χ1) is 9.74. The summed E-state index contributed by atoms with van der Waals surface area (Å²) in [5.74, 6) is 0. The molecule has 2 aromatic rings. The van der Waals surface area contributed by atoms with Crippen LogP contribution in [0.25, 0.3) is 0 Å². The van der Waals surface area contributed by atoms with Gasteiger partial charge in [0.2, 0.25) is 0 Å². The second kappa shape index (κ2) is 6.12. The minimum atomic E-state index is 0.393. The minimum absolute atomic E-state index is 0.393. The van der Waals surface area contributed by atoms with E-state index in [1.807, 2.05) is 22.9 Å².